The summed E-state index contributed by atoms with van der Waals surface area (Å²) in [4.78, 5) is 18.9. The number of carbonyl (C=O) groups is 1. The number of benzene rings is 1. The Morgan fingerprint density at radius 1 is 1.07 bits per heavy atom. The van der Waals surface area contributed by atoms with Crippen molar-refractivity contribution < 1.29 is 9.18 Å². The molecule has 3 heterocycles. The van der Waals surface area contributed by atoms with Gasteiger partial charge in [-0.3, -0.25) is 4.79 Å². The highest BCUT2D eigenvalue weighted by Gasteiger charge is 2.26. The van der Waals surface area contributed by atoms with Crippen LogP contribution in [0, 0.1) is 18.7 Å². The Bertz CT molecular complexity index is 983. The molecule has 148 valence electrons. The third-order valence-electron chi connectivity index (χ3n) is 5.23. The number of aromatic nitrogens is 3. The fourth-order valence-corrected chi connectivity index (χ4v) is 3.47. The second-order valence-electron chi connectivity index (χ2n) is 7.20. The SMILES string of the molecule is Cc1cccnc1NC(=O)C1CCN(c2ccc(-c3ccc(F)cc3)nn2)CC1. The highest BCUT2D eigenvalue weighted by Crippen LogP contribution is 2.24. The van der Waals surface area contributed by atoms with Gasteiger partial charge in [-0.15, -0.1) is 10.2 Å². The van der Waals surface area contributed by atoms with Crippen molar-refractivity contribution >= 4 is 17.5 Å². The number of nitrogens with zero attached hydrogens (tertiary/aromatic N) is 4. The number of anilines is 2. The van der Waals surface area contributed by atoms with E-state index in [4.69, 9.17) is 0 Å². The van der Waals surface area contributed by atoms with Gasteiger partial charge in [0.15, 0.2) is 5.82 Å². The maximum Gasteiger partial charge on any atom is 0.228 e. The van der Waals surface area contributed by atoms with E-state index in [-0.39, 0.29) is 17.6 Å². The lowest BCUT2D eigenvalue weighted by molar-refractivity contribution is -0.120. The summed E-state index contributed by atoms with van der Waals surface area (Å²) in [7, 11) is 0. The molecule has 0 radical (unpaired) electrons. The zero-order valence-electron chi connectivity index (χ0n) is 16.2. The van der Waals surface area contributed by atoms with Crippen LogP contribution in [0.5, 0.6) is 0 Å². The van der Waals surface area contributed by atoms with Crippen LogP contribution in [-0.2, 0) is 4.79 Å². The van der Waals surface area contributed by atoms with Crippen LogP contribution in [0.2, 0.25) is 0 Å². The molecule has 0 saturated carbocycles. The Morgan fingerprint density at radius 2 is 1.83 bits per heavy atom. The molecule has 1 fully saturated rings. The highest BCUT2D eigenvalue weighted by molar-refractivity contribution is 5.92. The summed E-state index contributed by atoms with van der Waals surface area (Å²) >= 11 is 0. The van der Waals surface area contributed by atoms with Gasteiger partial charge in [0.25, 0.3) is 0 Å². The van der Waals surface area contributed by atoms with E-state index >= 15 is 0 Å². The van der Waals surface area contributed by atoms with Gasteiger partial charge in [-0.25, -0.2) is 9.37 Å². The minimum atomic E-state index is -0.275. The van der Waals surface area contributed by atoms with Gasteiger partial charge in [-0.1, -0.05) is 6.07 Å². The van der Waals surface area contributed by atoms with E-state index in [1.807, 2.05) is 31.2 Å². The molecule has 3 aromatic rings. The summed E-state index contributed by atoms with van der Waals surface area (Å²) in [6, 6.07) is 13.8. The Morgan fingerprint density at radius 3 is 2.48 bits per heavy atom. The number of rotatable bonds is 4. The number of hydrogen-bond acceptors (Lipinski definition) is 5. The number of aryl methyl sites for hydroxylation is 1. The average Bonchev–Trinajstić information content (AvgIpc) is 2.76. The van der Waals surface area contributed by atoms with Gasteiger partial charge in [-0.05, 0) is 67.8 Å². The summed E-state index contributed by atoms with van der Waals surface area (Å²) in [6.45, 7) is 3.41. The zero-order chi connectivity index (χ0) is 20.2. The summed E-state index contributed by atoms with van der Waals surface area (Å²) < 4.78 is 13.1. The molecule has 0 aliphatic carbocycles. The second kappa shape index (κ2) is 8.34. The minimum absolute atomic E-state index is 0.0178. The molecule has 0 bridgehead atoms. The van der Waals surface area contributed by atoms with Gasteiger partial charge in [0.2, 0.25) is 5.91 Å². The van der Waals surface area contributed by atoms with Crippen LogP contribution in [0.25, 0.3) is 11.3 Å². The van der Waals surface area contributed by atoms with Crippen molar-refractivity contribution in [3.05, 3.63) is 66.1 Å². The molecule has 0 spiro atoms. The maximum absolute atomic E-state index is 13.1. The molecule has 0 atom stereocenters. The predicted molar refractivity (Wildman–Crippen MR) is 110 cm³/mol. The highest BCUT2D eigenvalue weighted by atomic mass is 19.1. The fraction of sp³-hybridized carbons (Fsp3) is 0.273. The van der Waals surface area contributed by atoms with Crippen LogP contribution in [-0.4, -0.2) is 34.2 Å². The number of halogens is 1. The maximum atomic E-state index is 13.1. The Balaban J connectivity index is 1.35. The topological polar surface area (TPSA) is 71.0 Å². The number of amides is 1. The van der Waals surface area contributed by atoms with Crippen LogP contribution in [0.3, 0.4) is 0 Å². The molecule has 29 heavy (non-hydrogen) atoms. The standard InChI is InChI=1S/C22H22FN5O/c1-15-3-2-12-24-21(15)25-22(29)17-10-13-28(14-11-17)20-9-8-19(26-27-20)16-4-6-18(23)7-5-16/h2-9,12,17H,10-11,13-14H2,1H3,(H,24,25,29). The van der Waals surface area contributed by atoms with Crippen LogP contribution < -0.4 is 10.2 Å². The number of hydrogen-bond donors (Lipinski definition) is 1. The third-order valence-corrected chi connectivity index (χ3v) is 5.23. The molecule has 7 heteroatoms. The Hall–Kier alpha value is -3.35. The summed E-state index contributed by atoms with van der Waals surface area (Å²) in [6.07, 6.45) is 3.18. The van der Waals surface area contributed by atoms with Crippen molar-refractivity contribution in [2.45, 2.75) is 19.8 Å². The first-order valence-electron chi connectivity index (χ1n) is 9.67. The summed E-state index contributed by atoms with van der Waals surface area (Å²) in [5.41, 5.74) is 2.48. The number of nitrogens with one attached hydrogen (secondary N) is 1. The third kappa shape index (κ3) is 4.39. The smallest absolute Gasteiger partial charge is 0.228 e. The van der Waals surface area contributed by atoms with Gasteiger partial charge in [0, 0.05) is 30.8 Å². The van der Waals surface area contributed by atoms with Crippen LogP contribution in [0.1, 0.15) is 18.4 Å². The van der Waals surface area contributed by atoms with Crippen molar-refractivity contribution in [2.24, 2.45) is 5.92 Å². The molecule has 1 aliphatic heterocycles. The van der Waals surface area contributed by atoms with Crippen molar-refractivity contribution in [3.63, 3.8) is 0 Å². The van der Waals surface area contributed by atoms with Crippen molar-refractivity contribution in [2.75, 3.05) is 23.3 Å². The van der Waals surface area contributed by atoms with E-state index in [0.717, 1.165) is 42.9 Å². The van der Waals surface area contributed by atoms with Gasteiger partial charge >= 0.3 is 0 Å². The van der Waals surface area contributed by atoms with E-state index in [1.165, 1.54) is 12.1 Å². The van der Waals surface area contributed by atoms with E-state index in [9.17, 15) is 9.18 Å². The van der Waals surface area contributed by atoms with E-state index < -0.39 is 0 Å². The average molecular weight is 391 g/mol. The zero-order valence-corrected chi connectivity index (χ0v) is 16.2. The van der Waals surface area contributed by atoms with E-state index in [0.29, 0.717) is 11.5 Å². The van der Waals surface area contributed by atoms with Gasteiger partial charge in [0.05, 0.1) is 5.69 Å². The molecule has 1 amide bonds. The van der Waals surface area contributed by atoms with Crippen LogP contribution in [0.15, 0.2) is 54.7 Å². The number of pyridine rings is 1. The molecule has 1 saturated heterocycles. The molecule has 0 unspecified atom stereocenters. The van der Waals surface area contributed by atoms with Crippen molar-refractivity contribution in [1.29, 1.82) is 0 Å². The molecule has 6 nitrogen and oxygen atoms in total. The normalized spacial score (nSPS) is 14.6. The molecule has 1 aliphatic rings. The van der Waals surface area contributed by atoms with Gasteiger partial charge in [-0.2, -0.15) is 0 Å². The quantitative estimate of drug-likeness (QED) is 0.732. The largest absolute Gasteiger partial charge is 0.355 e. The van der Waals surface area contributed by atoms with Gasteiger partial charge < -0.3 is 10.2 Å². The summed E-state index contributed by atoms with van der Waals surface area (Å²) in [5.74, 6) is 1.12. The van der Waals surface area contributed by atoms with Crippen molar-refractivity contribution in [3.8, 4) is 11.3 Å². The first-order chi connectivity index (χ1) is 14.1. The molecular weight excluding hydrogens is 369 g/mol. The van der Waals surface area contributed by atoms with Crippen LogP contribution >= 0.6 is 0 Å². The minimum Gasteiger partial charge on any atom is -0.355 e. The lowest BCUT2D eigenvalue weighted by Gasteiger charge is -2.31. The monoisotopic (exact) mass is 391 g/mol. The molecule has 1 aromatic carbocycles. The Kier molecular flexibility index (Phi) is 5.46. The lowest BCUT2D eigenvalue weighted by Crippen LogP contribution is -2.38. The number of carbonyl (C=O) groups excluding carboxylic acids is 1. The first kappa shape index (κ1) is 19.0. The summed E-state index contributed by atoms with van der Waals surface area (Å²) in [5, 5.41) is 11.5. The first-order valence-corrected chi connectivity index (χ1v) is 9.67. The Labute approximate surface area is 168 Å². The molecular formula is C22H22FN5O. The van der Waals surface area contributed by atoms with Gasteiger partial charge in [0.1, 0.15) is 11.6 Å². The lowest BCUT2D eigenvalue weighted by atomic mass is 9.96. The van der Waals surface area contributed by atoms with E-state index in [2.05, 4.69) is 25.4 Å². The molecule has 1 N–H and O–H groups in total. The fourth-order valence-electron chi connectivity index (χ4n) is 3.47. The second-order valence-corrected chi connectivity index (χ2v) is 7.20. The molecule has 4 rings (SSSR count). The molecule has 2 aromatic heterocycles. The van der Waals surface area contributed by atoms with Crippen molar-refractivity contribution in [1.82, 2.24) is 15.2 Å². The number of piperidine rings is 1. The predicted octanol–water partition coefficient (Wildman–Crippen LogP) is 3.84. The van der Waals surface area contributed by atoms with E-state index in [1.54, 1.807) is 18.3 Å². The van der Waals surface area contributed by atoms with Crippen LogP contribution in [0.4, 0.5) is 16.0 Å².